The second-order valence-corrected chi connectivity index (χ2v) is 23.8. The number of hydrogen-bond acceptors (Lipinski definition) is 5. The van der Waals surface area contributed by atoms with Crippen molar-refractivity contribution in [1.29, 1.82) is 0 Å². The maximum absolute atomic E-state index is 14.6. The quantitative estimate of drug-likeness (QED) is 0.0477. The average molecular weight is 879 g/mol. The van der Waals surface area contributed by atoms with Crippen molar-refractivity contribution in [3.63, 3.8) is 0 Å². The predicted octanol–water partition coefficient (Wildman–Crippen LogP) is 13.4. The number of fused-ring (bicyclic) bond motifs is 7. The highest BCUT2D eigenvalue weighted by atomic mass is 16.5. The summed E-state index contributed by atoms with van der Waals surface area (Å²) in [5.74, 6) is 0.523. The van der Waals surface area contributed by atoms with Crippen molar-refractivity contribution in [1.82, 2.24) is 10.6 Å². The summed E-state index contributed by atoms with van der Waals surface area (Å²) in [6, 6.07) is 0. The highest BCUT2D eigenvalue weighted by molar-refractivity contribution is 5.84. The molecule has 0 aliphatic heterocycles. The van der Waals surface area contributed by atoms with Crippen LogP contribution in [-0.4, -0.2) is 48.1 Å². The zero-order valence-electron chi connectivity index (χ0n) is 41.8. The molecule has 5 rings (SSSR count). The van der Waals surface area contributed by atoms with Gasteiger partial charge in [-0.3, -0.25) is 19.2 Å². The van der Waals surface area contributed by atoms with Crippen LogP contribution in [0.3, 0.4) is 0 Å². The number of aliphatic carboxylic acids is 1. The number of carboxylic acids is 1. The summed E-state index contributed by atoms with van der Waals surface area (Å²) in [5, 5.41) is 14.6. The molecule has 5 aliphatic rings. The lowest BCUT2D eigenvalue weighted by atomic mass is 9.33. The molecule has 0 aromatic carbocycles. The summed E-state index contributed by atoms with van der Waals surface area (Å²) in [4.78, 5) is 50.2. The monoisotopic (exact) mass is 879 g/mol. The fraction of sp³-hybridized carbons (Fsp3) is 0.891. The van der Waals surface area contributed by atoms with Gasteiger partial charge in [-0.15, -0.1) is 0 Å². The molecule has 0 heterocycles. The van der Waals surface area contributed by atoms with E-state index in [1.165, 1.54) is 57.8 Å². The van der Waals surface area contributed by atoms with Crippen molar-refractivity contribution in [3.05, 3.63) is 11.6 Å². The Balaban J connectivity index is 1.14. The minimum Gasteiger partial charge on any atom is -0.480 e. The first-order valence-corrected chi connectivity index (χ1v) is 26.5. The second-order valence-electron chi connectivity index (χ2n) is 23.8. The van der Waals surface area contributed by atoms with Gasteiger partial charge < -0.3 is 20.5 Å². The smallest absolute Gasteiger partial charge is 0.322 e. The van der Waals surface area contributed by atoms with E-state index in [9.17, 15) is 19.2 Å². The van der Waals surface area contributed by atoms with Crippen LogP contribution in [-0.2, 0) is 23.9 Å². The Morgan fingerprint density at radius 1 is 0.667 bits per heavy atom. The van der Waals surface area contributed by atoms with Crippen molar-refractivity contribution < 1.29 is 29.0 Å². The minimum absolute atomic E-state index is 0.00755. The molecular formula is C55H94N2O6. The highest BCUT2D eigenvalue weighted by Crippen LogP contribution is 2.76. The van der Waals surface area contributed by atoms with Crippen LogP contribution in [0.15, 0.2) is 11.6 Å². The van der Waals surface area contributed by atoms with E-state index in [-0.39, 0.29) is 57.0 Å². The van der Waals surface area contributed by atoms with Crippen LogP contribution in [0.5, 0.6) is 0 Å². The van der Waals surface area contributed by atoms with Crippen molar-refractivity contribution in [2.75, 3.05) is 13.1 Å². The largest absolute Gasteiger partial charge is 0.480 e. The van der Waals surface area contributed by atoms with E-state index in [0.29, 0.717) is 36.5 Å². The van der Waals surface area contributed by atoms with Gasteiger partial charge in [0.05, 0.1) is 5.41 Å². The van der Waals surface area contributed by atoms with Gasteiger partial charge in [-0.05, 0) is 123 Å². The highest BCUT2D eigenvalue weighted by Gasteiger charge is 2.69. The Labute approximate surface area is 384 Å². The third kappa shape index (κ3) is 12.0. The van der Waals surface area contributed by atoms with Crippen LogP contribution in [0.4, 0.5) is 0 Å². The van der Waals surface area contributed by atoms with Gasteiger partial charge in [0.15, 0.2) is 0 Å². The van der Waals surface area contributed by atoms with Crippen molar-refractivity contribution in [2.24, 2.45) is 50.2 Å². The molecule has 0 radical (unpaired) electrons. The van der Waals surface area contributed by atoms with Crippen LogP contribution in [0.25, 0.3) is 0 Å². The number of carbonyl (C=O) groups excluding carboxylic acids is 3. The molecule has 8 atom stereocenters. The number of ether oxygens (including phenoxy) is 1. The van der Waals surface area contributed by atoms with Gasteiger partial charge >= 0.3 is 11.9 Å². The number of nitrogens with one attached hydrogen (secondary N) is 2. The molecule has 0 aromatic heterocycles. The van der Waals surface area contributed by atoms with Crippen LogP contribution in [0, 0.1) is 50.2 Å². The molecular weight excluding hydrogens is 785 g/mol. The fourth-order valence-electron chi connectivity index (χ4n) is 14.7. The lowest BCUT2D eigenvalue weighted by molar-refractivity contribution is -0.213. The molecule has 4 fully saturated rings. The molecule has 2 amide bonds. The lowest BCUT2D eigenvalue weighted by Gasteiger charge is -2.71. The summed E-state index contributed by atoms with van der Waals surface area (Å²) in [6.07, 6.45) is 34.2. The molecule has 3 N–H and O–H groups in total. The van der Waals surface area contributed by atoms with Crippen LogP contribution in [0.1, 0.15) is 242 Å². The number of allylic oxidation sites excluding steroid dienone is 2. The van der Waals surface area contributed by atoms with Gasteiger partial charge in [0.2, 0.25) is 11.8 Å². The van der Waals surface area contributed by atoms with E-state index >= 15 is 0 Å². The zero-order chi connectivity index (χ0) is 45.9. The van der Waals surface area contributed by atoms with Gasteiger partial charge in [0.25, 0.3) is 0 Å². The Morgan fingerprint density at radius 3 is 1.89 bits per heavy atom. The van der Waals surface area contributed by atoms with Crippen molar-refractivity contribution in [2.45, 2.75) is 248 Å². The third-order valence-electron chi connectivity index (χ3n) is 18.8. The summed E-state index contributed by atoms with van der Waals surface area (Å²) >= 11 is 0. The standard InChI is InChI=1S/C55H94N2O6/c1-9-10-11-12-13-14-18-21-24-27-48(61)63-45-31-32-52(6)43(51(45,4)5)30-33-54(8)44(52)29-28-41-42-39-50(2,3)34-36-55(42,37-35-53(41,54)7)49(62)56-38-25-22-19-16-15-17-20-23-26-46(58)57-40-47(59)60/h28,42-45H,9-27,29-40H2,1-8H3,(H,56,62)(H,57,58)(H,59,60)/t42?,43?,44?,45-,52-,53+,54+,55-/m0/s1. The topological polar surface area (TPSA) is 122 Å². The first-order valence-electron chi connectivity index (χ1n) is 26.5. The molecule has 3 unspecified atom stereocenters. The van der Waals surface area contributed by atoms with Gasteiger partial charge in [-0.25, -0.2) is 0 Å². The van der Waals surface area contributed by atoms with E-state index in [0.717, 1.165) is 122 Å². The van der Waals surface area contributed by atoms with Gasteiger partial charge in [0, 0.05) is 24.8 Å². The summed E-state index contributed by atoms with van der Waals surface area (Å²) in [5.41, 5.74) is 1.89. The van der Waals surface area contributed by atoms with Crippen molar-refractivity contribution in [3.8, 4) is 0 Å². The molecule has 360 valence electrons. The van der Waals surface area contributed by atoms with E-state index < -0.39 is 5.97 Å². The second kappa shape index (κ2) is 22.4. The maximum Gasteiger partial charge on any atom is 0.322 e. The van der Waals surface area contributed by atoms with E-state index in [4.69, 9.17) is 9.84 Å². The normalized spacial score (nSPS) is 32.8. The number of rotatable bonds is 25. The minimum atomic E-state index is -1.01. The molecule has 0 spiro atoms. The first kappa shape index (κ1) is 51.6. The van der Waals surface area contributed by atoms with E-state index in [2.05, 4.69) is 72.1 Å². The SMILES string of the molecule is CCCCCCCCCCCC(=O)O[C@H]1CC[C@@]2(C)C(CC[C@]3(C)C2CC=C2C4CC(C)(C)CC[C@]4(C(=O)NCCCCCCCCCCC(=O)NCC(=O)O)CC[C@]23C)C1(C)C. The molecule has 8 heteroatoms. The first-order chi connectivity index (χ1) is 29.9. The molecule has 5 aliphatic carbocycles. The van der Waals surface area contributed by atoms with Crippen molar-refractivity contribution >= 4 is 23.8 Å². The Hall–Kier alpha value is -2.38. The number of carboxylic acid groups (broad SMARTS) is 1. The van der Waals surface area contributed by atoms with Gasteiger partial charge in [-0.1, -0.05) is 157 Å². The predicted molar refractivity (Wildman–Crippen MR) is 256 cm³/mol. The number of esters is 1. The fourth-order valence-corrected chi connectivity index (χ4v) is 14.7. The molecule has 4 saturated carbocycles. The summed E-state index contributed by atoms with van der Waals surface area (Å²) < 4.78 is 6.43. The van der Waals surface area contributed by atoms with E-state index in [1.807, 2.05) is 0 Å². The van der Waals surface area contributed by atoms with Crippen LogP contribution >= 0.6 is 0 Å². The molecule has 8 nitrogen and oxygen atoms in total. The van der Waals surface area contributed by atoms with Crippen LogP contribution in [0.2, 0.25) is 0 Å². The Morgan fingerprint density at radius 2 is 1.25 bits per heavy atom. The third-order valence-corrected chi connectivity index (χ3v) is 18.8. The Kier molecular flexibility index (Phi) is 18.4. The number of unbranched alkanes of at least 4 members (excludes halogenated alkanes) is 15. The molecule has 0 aromatic rings. The van der Waals surface area contributed by atoms with E-state index in [1.54, 1.807) is 5.57 Å². The van der Waals surface area contributed by atoms with Gasteiger partial charge in [-0.2, -0.15) is 0 Å². The summed E-state index contributed by atoms with van der Waals surface area (Å²) in [6.45, 7) is 20.3. The molecule has 0 bridgehead atoms. The average Bonchev–Trinajstić information content (AvgIpc) is 3.22. The Bertz CT molecular complexity index is 1570. The number of hydrogen-bond donors (Lipinski definition) is 3. The number of carbonyl (C=O) groups is 4. The molecule has 63 heavy (non-hydrogen) atoms. The summed E-state index contributed by atoms with van der Waals surface area (Å²) in [7, 11) is 0. The maximum atomic E-state index is 14.6. The van der Waals surface area contributed by atoms with Crippen LogP contribution < -0.4 is 10.6 Å². The lowest BCUT2D eigenvalue weighted by Crippen LogP contribution is -2.65. The van der Waals surface area contributed by atoms with Gasteiger partial charge in [0.1, 0.15) is 12.6 Å². The zero-order valence-corrected chi connectivity index (χ0v) is 41.8. The molecule has 0 saturated heterocycles. The number of amides is 2.